The Morgan fingerprint density at radius 2 is 2.00 bits per heavy atom. The Hall–Kier alpha value is -3.55. The number of benzene rings is 1. The van der Waals surface area contributed by atoms with Gasteiger partial charge in [0.1, 0.15) is 18.0 Å². The summed E-state index contributed by atoms with van der Waals surface area (Å²) in [7, 11) is 0. The largest absolute Gasteiger partial charge is 0.461 e. The van der Waals surface area contributed by atoms with Crippen LogP contribution >= 0.6 is 0 Å². The third-order valence-electron chi connectivity index (χ3n) is 4.41. The number of fused-ring (bicyclic) bond motifs is 1. The predicted octanol–water partition coefficient (Wildman–Crippen LogP) is 3.65. The lowest BCUT2D eigenvalue weighted by atomic mass is 10.1. The molecule has 0 radical (unpaired) electrons. The van der Waals surface area contributed by atoms with Crippen LogP contribution in [0.5, 0.6) is 0 Å². The first-order chi connectivity index (χ1) is 13.8. The summed E-state index contributed by atoms with van der Waals surface area (Å²) >= 11 is 0. The molecule has 2 heterocycles. The number of carbonyl (C=O) groups is 2. The molecule has 8 heteroatoms. The molecular formula is C21H19FN2O5. The molecule has 3 rings (SSSR count). The van der Waals surface area contributed by atoms with Gasteiger partial charge < -0.3 is 14.5 Å². The average Bonchev–Trinajstić information content (AvgIpc) is 2.69. The van der Waals surface area contributed by atoms with Gasteiger partial charge in [-0.3, -0.25) is 14.6 Å². The molecule has 0 aliphatic rings. The molecule has 1 amide bonds. The lowest BCUT2D eigenvalue weighted by Gasteiger charge is -2.11. The number of nitrogens with one attached hydrogen (secondary N) is 1. The second kappa shape index (κ2) is 8.22. The van der Waals surface area contributed by atoms with Gasteiger partial charge >= 0.3 is 11.6 Å². The number of esters is 1. The van der Waals surface area contributed by atoms with E-state index in [1.165, 1.54) is 30.5 Å². The van der Waals surface area contributed by atoms with Crippen molar-refractivity contribution in [1.82, 2.24) is 4.98 Å². The van der Waals surface area contributed by atoms with Gasteiger partial charge in [-0.2, -0.15) is 0 Å². The summed E-state index contributed by atoms with van der Waals surface area (Å²) in [5.74, 6) is -1.64. The summed E-state index contributed by atoms with van der Waals surface area (Å²) in [6.45, 7) is 4.95. The minimum Gasteiger partial charge on any atom is -0.461 e. The summed E-state index contributed by atoms with van der Waals surface area (Å²) in [6.07, 6.45) is 1.71. The van der Waals surface area contributed by atoms with Crippen molar-refractivity contribution in [3.05, 3.63) is 69.1 Å². The van der Waals surface area contributed by atoms with Crippen LogP contribution in [0.4, 0.5) is 10.1 Å². The van der Waals surface area contributed by atoms with Gasteiger partial charge in [-0.05, 0) is 37.6 Å². The van der Waals surface area contributed by atoms with Gasteiger partial charge in [-0.25, -0.2) is 9.18 Å². The molecule has 0 saturated carbocycles. The van der Waals surface area contributed by atoms with E-state index in [0.29, 0.717) is 22.2 Å². The van der Waals surface area contributed by atoms with E-state index in [0.717, 1.165) is 0 Å². The highest BCUT2D eigenvalue weighted by atomic mass is 19.1. The Morgan fingerprint density at radius 1 is 1.24 bits per heavy atom. The van der Waals surface area contributed by atoms with Gasteiger partial charge in [0.15, 0.2) is 5.58 Å². The molecule has 29 heavy (non-hydrogen) atoms. The van der Waals surface area contributed by atoms with Gasteiger partial charge in [0.2, 0.25) is 0 Å². The topological polar surface area (TPSA) is 98.5 Å². The summed E-state index contributed by atoms with van der Waals surface area (Å²) < 4.78 is 23.9. The first-order valence-electron chi connectivity index (χ1n) is 8.95. The molecule has 1 N–H and O–H groups in total. The third-order valence-corrected chi connectivity index (χ3v) is 4.41. The molecular weight excluding hydrogens is 379 g/mol. The summed E-state index contributed by atoms with van der Waals surface area (Å²) in [5.41, 5.74) is 0.933. The van der Waals surface area contributed by atoms with Crippen LogP contribution in [0, 0.1) is 19.7 Å². The normalized spacial score (nSPS) is 10.8. The van der Waals surface area contributed by atoms with Crippen molar-refractivity contribution in [2.24, 2.45) is 0 Å². The van der Waals surface area contributed by atoms with Crippen LogP contribution in [0.1, 0.15) is 40.5 Å². The van der Waals surface area contributed by atoms with Crippen molar-refractivity contribution in [1.29, 1.82) is 0 Å². The van der Waals surface area contributed by atoms with Crippen LogP contribution in [-0.2, 0) is 16.1 Å². The van der Waals surface area contributed by atoms with E-state index < -0.39 is 23.3 Å². The molecule has 0 atom stereocenters. The van der Waals surface area contributed by atoms with Gasteiger partial charge in [-0.1, -0.05) is 13.0 Å². The second-order valence-electron chi connectivity index (χ2n) is 6.49. The fourth-order valence-electron chi connectivity index (χ4n) is 2.73. The minimum atomic E-state index is -0.850. The van der Waals surface area contributed by atoms with E-state index in [9.17, 15) is 18.8 Å². The Kier molecular flexibility index (Phi) is 5.72. The van der Waals surface area contributed by atoms with Crippen molar-refractivity contribution < 1.29 is 23.1 Å². The molecule has 0 saturated heterocycles. The number of aryl methyl sites for hydroxylation is 2. The Labute approximate surface area is 165 Å². The molecule has 0 bridgehead atoms. The number of halogens is 1. The van der Waals surface area contributed by atoms with Gasteiger partial charge in [-0.15, -0.1) is 0 Å². The molecule has 150 valence electrons. The molecule has 1 aromatic carbocycles. The number of hydrogen-bond acceptors (Lipinski definition) is 6. The predicted molar refractivity (Wildman–Crippen MR) is 104 cm³/mol. The van der Waals surface area contributed by atoms with Crippen LogP contribution < -0.4 is 10.9 Å². The Morgan fingerprint density at radius 3 is 2.72 bits per heavy atom. The zero-order valence-corrected chi connectivity index (χ0v) is 16.2. The molecule has 0 unspecified atom stereocenters. The van der Waals surface area contributed by atoms with E-state index in [1.807, 2.05) is 0 Å². The van der Waals surface area contributed by atoms with Crippen molar-refractivity contribution >= 4 is 28.5 Å². The average molecular weight is 398 g/mol. The van der Waals surface area contributed by atoms with Crippen molar-refractivity contribution in [3.63, 3.8) is 0 Å². The second-order valence-corrected chi connectivity index (χ2v) is 6.49. The SMILES string of the molecule is CCC(=O)OCc1cnc(C)c2oc(=O)c(C(=O)Nc3cc(F)ccc3C)cc12. The standard InChI is InChI=1S/C21H19FN2O5/c1-4-18(25)28-10-13-9-23-12(3)19-15(13)8-16(21(27)29-19)20(26)24-17-7-14(22)6-5-11(17)2/h5-9H,4,10H2,1-3H3,(H,24,26). The smallest absolute Gasteiger partial charge is 0.349 e. The minimum absolute atomic E-state index is 0.0752. The molecule has 0 aliphatic carbocycles. The number of aromatic nitrogens is 1. The fraction of sp³-hybridized carbons (Fsp3) is 0.238. The quantitative estimate of drug-likeness (QED) is 0.659. The van der Waals surface area contributed by atoms with Crippen LogP contribution in [0.3, 0.4) is 0 Å². The van der Waals surface area contributed by atoms with Gasteiger partial charge in [0.05, 0.1) is 5.69 Å². The number of anilines is 1. The van der Waals surface area contributed by atoms with E-state index in [1.54, 1.807) is 20.8 Å². The van der Waals surface area contributed by atoms with Crippen LogP contribution in [0.25, 0.3) is 11.0 Å². The van der Waals surface area contributed by atoms with Crippen molar-refractivity contribution in [3.8, 4) is 0 Å². The number of pyridine rings is 1. The first-order valence-corrected chi connectivity index (χ1v) is 8.95. The molecule has 7 nitrogen and oxygen atoms in total. The van der Waals surface area contributed by atoms with E-state index in [4.69, 9.17) is 9.15 Å². The number of ether oxygens (including phenoxy) is 1. The first kappa shape index (κ1) is 20.2. The van der Waals surface area contributed by atoms with Crippen LogP contribution in [-0.4, -0.2) is 16.9 Å². The van der Waals surface area contributed by atoms with Crippen LogP contribution in [0.15, 0.2) is 39.7 Å². The van der Waals surface area contributed by atoms with E-state index in [-0.39, 0.29) is 29.9 Å². The molecule has 0 fully saturated rings. The zero-order chi connectivity index (χ0) is 21.1. The maximum Gasteiger partial charge on any atom is 0.349 e. The number of amides is 1. The Balaban J connectivity index is 2.02. The molecule has 0 aliphatic heterocycles. The summed E-state index contributed by atoms with van der Waals surface area (Å²) in [5, 5.41) is 2.96. The van der Waals surface area contributed by atoms with Crippen LogP contribution in [0.2, 0.25) is 0 Å². The lowest BCUT2D eigenvalue weighted by Crippen LogP contribution is -2.21. The van der Waals surface area contributed by atoms with E-state index in [2.05, 4.69) is 10.3 Å². The third kappa shape index (κ3) is 4.31. The molecule has 0 spiro atoms. The number of hydrogen-bond donors (Lipinski definition) is 1. The highest BCUT2D eigenvalue weighted by Gasteiger charge is 2.18. The zero-order valence-electron chi connectivity index (χ0n) is 16.2. The highest BCUT2D eigenvalue weighted by Crippen LogP contribution is 2.22. The van der Waals surface area contributed by atoms with Crippen molar-refractivity contribution in [2.45, 2.75) is 33.8 Å². The van der Waals surface area contributed by atoms with Gasteiger partial charge in [0.25, 0.3) is 5.91 Å². The monoisotopic (exact) mass is 398 g/mol. The van der Waals surface area contributed by atoms with E-state index >= 15 is 0 Å². The summed E-state index contributed by atoms with van der Waals surface area (Å²) in [6, 6.07) is 5.33. The lowest BCUT2D eigenvalue weighted by molar-refractivity contribution is -0.144. The summed E-state index contributed by atoms with van der Waals surface area (Å²) in [4.78, 5) is 40.7. The molecule has 2 aromatic heterocycles. The van der Waals surface area contributed by atoms with Crippen molar-refractivity contribution in [2.75, 3.05) is 5.32 Å². The van der Waals surface area contributed by atoms with Gasteiger partial charge in [0, 0.05) is 29.3 Å². The molecule has 3 aromatic rings. The highest BCUT2D eigenvalue weighted by molar-refractivity contribution is 6.06. The maximum absolute atomic E-state index is 13.5. The maximum atomic E-state index is 13.5. The Bertz CT molecular complexity index is 1170. The number of rotatable bonds is 5. The fourth-order valence-corrected chi connectivity index (χ4v) is 2.73. The number of carbonyl (C=O) groups excluding carboxylic acids is 2. The number of nitrogens with zero attached hydrogens (tertiary/aromatic N) is 1.